The first-order valence-electron chi connectivity index (χ1n) is 6.40. The lowest BCUT2D eigenvalue weighted by Crippen LogP contribution is -2.38. The molecular weight excluding hydrogens is 316 g/mol. The Morgan fingerprint density at radius 1 is 1.04 bits per heavy atom. The summed E-state index contributed by atoms with van der Waals surface area (Å²) in [5.74, 6) is -3.78. The summed E-state index contributed by atoms with van der Waals surface area (Å²) in [6.07, 6.45) is -5.16. The Balaban J connectivity index is 2.31. The Hall–Kier alpha value is -2.90. The van der Waals surface area contributed by atoms with Crippen molar-refractivity contribution in [2.45, 2.75) is 6.18 Å². The van der Waals surface area contributed by atoms with Crippen LogP contribution in [0.4, 0.5) is 34.6 Å². The van der Waals surface area contributed by atoms with Gasteiger partial charge in [-0.15, -0.1) is 0 Å². The highest BCUT2D eigenvalue weighted by Gasteiger charge is 2.45. The van der Waals surface area contributed by atoms with Gasteiger partial charge < -0.3 is 5.32 Å². The van der Waals surface area contributed by atoms with Gasteiger partial charge in [0.05, 0.1) is 22.6 Å². The Morgan fingerprint density at radius 3 is 2.43 bits per heavy atom. The summed E-state index contributed by atoms with van der Waals surface area (Å²) < 4.78 is 52.3. The number of amides is 2. The van der Waals surface area contributed by atoms with Gasteiger partial charge in [-0.1, -0.05) is 12.1 Å². The van der Waals surface area contributed by atoms with Crippen molar-refractivity contribution < 1.29 is 27.2 Å². The summed E-state index contributed by atoms with van der Waals surface area (Å²) in [7, 11) is 0. The molecule has 1 aliphatic heterocycles. The number of hydrogen-bond acceptors (Lipinski definition) is 2. The number of hydrogen-bond donors (Lipinski definition) is 1. The summed E-state index contributed by atoms with van der Waals surface area (Å²) in [6, 6.07) is 8.17. The molecule has 0 spiro atoms. The minimum Gasteiger partial charge on any atom is -0.320 e. The second-order valence-electron chi connectivity index (χ2n) is 4.77. The standard InChI is InChI=1S/C15H8F4N2O2/c16-8-5-6-11-9(7-8)13(22)20-10-3-1-2-4-12(10)21(11)14(23)15(17,18)19/h1-7H,(H,20,22). The molecule has 1 heterocycles. The maximum atomic E-state index is 13.4. The Labute approximate surface area is 127 Å². The summed E-state index contributed by atoms with van der Waals surface area (Å²) in [5.41, 5.74) is -0.824. The number of alkyl halides is 3. The van der Waals surface area contributed by atoms with E-state index in [0.29, 0.717) is 4.90 Å². The predicted molar refractivity (Wildman–Crippen MR) is 74.0 cm³/mol. The van der Waals surface area contributed by atoms with Gasteiger partial charge in [-0.3, -0.25) is 14.5 Å². The van der Waals surface area contributed by atoms with Crippen LogP contribution in [0.1, 0.15) is 10.4 Å². The molecule has 0 aliphatic carbocycles. The second-order valence-corrected chi connectivity index (χ2v) is 4.77. The van der Waals surface area contributed by atoms with Gasteiger partial charge in [0.2, 0.25) is 0 Å². The molecule has 0 saturated heterocycles. The molecule has 4 nitrogen and oxygen atoms in total. The van der Waals surface area contributed by atoms with Crippen molar-refractivity contribution in [3.8, 4) is 0 Å². The van der Waals surface area contributed by atoms with E-state index >= 15 is 0 Å². The Bertz CT molecular complexity index is 817. The molecule has 1 N–H and O–H groups in total. The minimum absolute atomic E-state index is 0.0201. The predicted octanol–water partition coefficient (Wildman–Crippen LogP) is 3.62. The molecule has 0 radical (unpaired) electrons. The number of carbonyl (C=O) groups is 2. The fourth-order valence-electron chi connectivity index (χ4n) is 2.32. The van der Waals surface area contributed by atoms with Crippen LogP contribution in [-0.4, -0.2) is 18.0 Å². The van der Waals surface area contributed by atoms with Crippen LogP contribution >= 0.6 is 0 Å². The fourth-order valence-corrected chi connectivity index (χ4v) is 2.32. The first-order chi connectivity index (χ1) is 10.8. The van der Waals surface area contributed by atoms with Gasteiger partial charge >= 0.3 is 12.1 Å². The highest BCUT2D eigenvalue weighted by molar-refractivity contribution is 6.18. The quantitative estimate of drug-likeness (QED) is 0.753. The zero-order valence-electron chi connectivity index (χ0n) is 11.3. The smallest absolute Gasteiger partial charge is 0.320 e. The maximum absolute atomic E-state index is 13.4. The van der Waals surface area contributed by atoms with E-state index in [0.717, 1.165) is 18.2 Å². The first kappa shape index (κ1) is 15.0. The molecule has 0 aromatic heterocycles. The van der Waals surface area contributed by atoms with Crippen molar-refractivity contribution in [1.29, 1.82) is 0 Å². The van der Waals surface area contributed by atoms with Crippen LogP contribution in [-0.2, 0) is 4.79 Å². The normalized spacial score (nSPS) is 13.7. The number of rotatable bonds is 0. The van der Waals surface area contributed by atoms with Gasteiger partial charge in [-0.25, -0.2) is 4.39 Å². The van der Waals surface area contributed by atoms with Gasteiger partial charge in [-0.2, -0.15) is 13.2 Å². The van der Waals surface area contributed by atoms with Crippen molar-refractivity contribution >= 4 is 28.9 Å². The van der Waals surface area contributed by atoms with Crippen molar-refractivity contribution in [3.05, 3.63) is 53.8 Å². The minimum atomic E-state index is -5.16. The largest absolute Gasteiger partial charge is 0.472 e. The molecule has 1 aliphatic rings. The van der Waals surface area contributed by atoms with Gasteiger partial charge in [-0.05, 0) is 30.3 Å². The van der Waals surface area contributed by atoms with Crippen molar-refractivity contribution in [2.24, 2.45) is 0 Å². The fraction of sp³-hybridized carbons (Fsp3) is 0.0667. The molecule has 0 saturated carbocycles. The van der Waals surface area contributed by atoms with Gasteiger partial charge in [0, 0.05) is 0 Å². The van der Waals surface area contributed by atoms with E-state index in [9.17, 15) is 27.2 Å². The van der Waals surface area contributed by atoms with Crippen LogP contribution in [0.3, 0.4) is 0 Å². The topological polar surface area (TPSA) is 49.4 Å². The summed E-state index contributed by atoms with van der Waals surface area (Å²) >= 11 is 0. The van der Waals surface area contributed by atoms with Crippen LogP contribution < -0.4 is 10.2 Å². The molecule has 0 bridgehead atoms. The average molecular weight is 324 g/mol. The van der Waals surface area contributed by atoms with Gasteiger partial charge in [0.25, 0.3) is 5.91 Å². The first-order valence-corrected chi connectivity index (χ1v) is 6.40. The Morgan fingerprint density at radius 2 is 1.74 bits per heavy atom. The van der Waals surface area contributed by atoms with E-state index in [1.807, 2.05) is 0 Å². The SMILES string of the molecule is O=C1Nc2ccccc2N(C(=O)C(F)(F)F)c2ccc(F)cc21. The third kappa shape index (κ3) is 2.52. The maximum Gasteiger partial charge on any atom is 0.472 e. The highest BCUT2D eigenvalue weighted by atomic mass is 19.4. The summed E-state index contributed by atoms with van der Waals surface area (Å²) in [4.78, 5) is 24.4. The number of anilines is 3. The number of nitrogens with zero attached hydrogens (tertiary/aromatic N) is 1. The van der Waals surface area contributed by atoms with E-state index in [-0.39, 0.29) is 22.6 Å². The van der Waals surface area contributed by atoms with Gasteiger partial charge in [0.1, 0.15) is 5.82 Å². The number of benzene rings is 2. The van der Waals surface area contributed by atoms with Crippen molar-refractivity contribution in [3.63, 3.8) is 0 Å². The molecule has 23 heavy (non-hydrogen) atoms. The molecule has 118 valence electrons. The van der Waals surface area contributed by atoms with Gasteiger partial charge in [0.15, 0.2) is 0 Å². The molecule has 0 fully saturated rings. The number of para-hydroxylation sites is 2. The second kappa shape index (κ2) is 5.08. The number of nitrogens with one attached hydrogen (secondary N) is 1. The third-order valence-corrected chi connectivity index (χ3v) is 3.28. The molecule has 2 aromatic carbocycles. The Kier molecular flexibility index (Phi) is 3.32. The lowest BCUT2D eigenvalue weighted by molar-refractivity contribution is -0.169. The highest BCUT2D eigenvalue weighted by Crippen LogP contribution is 2.40. The molecule has 0 unspecified atom stereocenters. The van der Waals surface area contributed by atoms with E-state index < -0.39 is 23.8 Å². The number of fused-ring (bicyclic) bond motifs is 2. The van der Waals surface area contributed by atoms with Crippen LogP contribution in [0.5, 0.6) is 0 Å². The summed E-state index contributed by atoms with van der Waals surface area (Å²) in [5, 5.41) is 2.38. The molecule has 8 heteroatoms. The molecule has 2 amide bonds. The van der Waals surface area contributed by atoms with E-state index in [2.05, 4.69) is 5.32 Å². The lowest BCUT2D eigenvalue weighted by atomic mass is 10.1. The van der Waals surface area contributed by atoms with Crippen LogP contribution in [0.25, 0.3) is 0 Å². The zero-order chi connectivity index (χ0) is 16.8. The molecule has 0 atom stereocenters. The average Bonchev–Trinajstić information content (AvgIpc) is 2.60. The number of carbonyl (C=O) groups excluding carboxylic acids is 2. The van der Waals surface area contributed by atoms with E-state index in [1.165, 1.54) is 24.3 Å². The lowest BCUT2D eigenvalue weighted by Gasteiger charge is -2.24. The van der Waals surface area contributed by atoms with E-state index in [4.69, 9.17) is 0 Å². The molecule has 3 rings (SSSR count). The monoisotopic (exact) mass is 324 g/mol. The van der Waals surface area contributed by atoms with Crippen LogP contribution in [0.2, 0.25) is 0 Å². The zero-order valence-corrected chi connectivity index (χ0v) is 11.3. The van der Waals surface area contributed by atoms with Crippen molar-refractivity contribution in [1.82, 2.24) is 0 Å². The van der Waals surface area contributed by atoms with E-state index in [1.54, 1.807) is 0 Å². The summed E-state index contributed by atoms with van der Waals surface area (Å²) in [6.45, 7) is 0. The van der Waals surface area contributed by atoms with Crippen LogP contribution in [0, 0.1) is 5.82 Å². The molecule has 2 aromatic rings. The van der Waals surface area contributed by atoms with Crippen LogP contribution in [0.15, 0.2) is 42.5 Å². The number of halogens is 4. The third-order valence-electron chi connectivity index (χ3n) is 3.28. The molecular formula is C15H8F4N2O2. The van der Waals surface area contributed by atoms with Crippen molar-refractivity contribution in [2.75, 3.05) is 10.2 Å².